The van der Waals surface area contributed by atoms with Gasteiger partial charge in [0.05, 0.1) is 11.4 Å². The second-order valence-electron chi connectivity index (χ2n) is 5.32. The smallest absolute Gasteiger partial charge is 0.251 e. The Morgan fingerprint density at radius 1 is 1.55 bits per heavy atom. The molecular weight excluding hydrogens is 254 g/mol. The summed E-state index contributed by atoms with van der Waals surface area (Å²) in [5.41, 5.74) is 8.30. The van der Waals surface area contributed by atoms with Crippen LogP contribution in [0.25, 0.3) is 0 Å². The van der Waals surface area contributed by atoms with E-state index in [2.05, 4.69) is 10.2 Å². The third-order valence-corrected chi connectivity index (χ3v) is 3.91. The number of nitrogens with two attached hydrogens (primary N) is 1. The number of hydrogen-bond acceptors (Lipinski definition) is 4. The molecule has 0 aromatic heterocycles. The van der Waals surface area contributed by atoms with E-state index in [0.29, 0.717) is 17.2 Å². The topological polar surface area (TPSA) is 78.6 Å². The highest BCUT2D eigenvalue weighted by molar-refractivity contribution is 5.96. The number of nitrogen functional groups attached to an aromatic ring is 1. The van der Waals surface area contributed by atoms with E-state index in [-0.39, 0.29) is 12.5 Å². The predicted molar refractivity (Wildman–Crippen MR) is 80.9 cm³/mol. The molecule has 1 fully saturated rings. The fourth-order valence-electron chi connectivity index (χ4n) is 2.83. The number of amides is 1. The van der Waals surface area contributed by atoms with Crippen LogP contribution < -0.4 is 16.0 Å². The Hall–Kier alpha value is -1.75. The minimum atomic E-state index is -0.125. The summed E-state index contributed by atoms with van der Waals surface area (Å²) in [7, 11) is 1.61. The van der Waals surface area contributed by atoms with E-state index in [1.807, 2.05) is 6.07 Å². The molecule has 0 saturated carbocycles. The molecule has 0 radical (unpaired) electrons. The number of carbonyl (C=O) groups excluding carboxylic acids is 1. The van der Waals surface area contributed by atoms with Gasteiger partial charge in [-0.3, -0.25) is 4.79 Å². The number of nitrogens with one attached hydrogen (secondary N) is 1. The molecule has 4 N–H and O–H groups in total. The number of rotatable bonds is 4. The van der Waals surface area contributed by atoms with Gasteiger partial charge in [-0.1, -0.05) is 0 Å². The van der Waals surface area contributed by atoms with Gasteiger partial charge >= 0.3 is 0 Å². The minimum Gasteiger partial charge on any atom is -0.397 e. The van der Waals surface area contributed by atoms with Crippen LogP contribution in [0.1, 0.15) is 29.6 Å². The average molecular weight is 277 g/mol. The van der Waals surface area contributed by atoms with Crippen molar-refractivity contribution in [3.8, 4) is 0 Å². The maximum absolute atomic E-state index is 11.6. The molecule has 1 aliphatic heterocycles. The van der Waals surface area contributed by atoms with Crippen LogP contribution in [-0.4, -0.2) is 37.8 Å². The lowest BCUT2D eigenvalue weighted by Gasteiger charge is -2.35. The molecule has 1 aromatic rings. The lowest BCUT2D eigenvalue weighted by Crippen LogP contribution is -2.36. The first-order valence-electron chi connectivity index (χ1n) is 7.13. The van der Waals surface area contributed by atoms with E-state index < -0.39 is 0 Å². The summed E-state index contributed by atoms with van der Waals surface area (Å²) in [6.45, 7) is 2.14. The predicted octanol–water partition coefficient (Wildman–Crippen LogP) is 1.23. The van der Waals surface area contributed by atoms with Gasteiger partial charge in [0.1, 0.15) is 0 Å². The van der Waals surface area contributed by atoms with Gasteiger partial charge in [0.2, 0.25) is 0 Å². The Labute approximate surface area is 119 Å². The summed E-state index contributed by atoms with van der Waals surface area (Å²) in [4.78, 5) is 13.8. The number of piperidine rings is 1. The second kappa shape index (κ2) is 6.61. The number of carbonyl (C=O) groups is 1. The van der Waals surface area contributed by atoms with Crippen molar-refractivity contribution in [1.82, 2.24) is 5.32 Å². The lowest BCUT2D eigenvalue weighted by atomic mass is 9.94. The van der Waals surface area contributed by atoms with Crippen LogP contribution in [0.15, 0.2) is 18.2 Å². The van der Waals surface area contributed by atoms with Crippen LogP contribution in [0.5, 0.6) is 0 Å². The van der Waals surface area contributed by atoms with Crippen molar-refractivity contribution in [2.24, 2.45) is 5.92 Å². The van der Waals surface area contributed by atoms with Crippen molar-refractivity contribution >= 4 is 17.3 Å². The minimum absolute atomic E-state index is 0.125. The van der Waals surface area contributed by atoms with E-state index in [9.17, 15) is 4.79 Å². The molecular formula is C15H23N3O2. The van der Waals surface area contributed by atoms with Crippen LogP contribution in [0.3, 0.4) is 0 Å². The standard InChI is InChI=1S/C15H23N3O2/c1-17-15(20)12-4-5-14(13(16)9-12)18-7-2-3-11(10-18)6-8-19/h4-5,9,11,19H,2-3,6-8,10,16H2,1H3,(H,17,20). The molecule has 2 rings (SSSR count). The fourth-order valence-corrected chi connectivity index (χ4v) is 2.83. The third kappa shape index (κ3) is 3.22. The van der Waals surface area contributed by atoms with E-state index in [1.165, 1.54) is 0 Å². The van der Waals surface area contributed by atoms with Crippen molar-refractivity contribution in [2.75, 3.05) is 37.4 Å². The summed E-state index contributed by atoms with van der Waals surface area (Å²) < 4.78 is 0. The quantitative estimate of drug-likeness (QED) is 0.723. The molecule has 1 heterocycles. The first-order valence-corrected chi connectivity index (χ1v) is 7.13. The molecule has 0 aliphatic carbocycles. The van der Waals surface area contributed by atoms with Gasteiger partial charge in [0.25, 0.3) is 5.91 Å². The Morgan fingerprint density at radius 2 is 2.35 bits per heavy atom. The van der Waals surface area contributed by atoms with Crippen molar-refractivity contribution in [1.29, 1.82) is 0 Å². The summed E-state index contributed by atoms with van der Waals surface area (Å²) in [6, 6.07) is 5.45. The number of benzene rings is 1. The zero-order chi connectivity index (χ0) is 14.5. The van der Waals surface area contributed by atoms with Gasteiger partial charge in [0.15, 0.2) is 0 Å². The van der Waals surface area contributed by atoms with Gasteiger partial charge in [-0.15, -0.1) is 0 Å². The van der Waals surface area contributed by atoms with Gasteiger partial charge in [-0.25, -0.2) is 0 Å². The van der Waals surface area contributed by atoms with Crippen LogP contribution in [-0.2, 0) is 0 Å². The van der Waals surface area contributed by atoms with E-state index >= 15 is 0 Å². The first-order chi connectivity index (χ1) is 9.65. The molecule has 1 atom stereocenters. The zero-order valence-electron chi connectivity index (χ0n) is 11.9. The molecule has 5 nitrogen and oxygen atoms in total. The zero-order valence-corrected chi connectivity index (χ0v) is 11.9. The average Bonchev–Trinajstić information content (AvgIpc) is 2.47. The SMILES string of the molecule is CNC(=O)c1ccc(N2CCCC(CCO)C2)c(N)c1. The number of hydrogen-bond donors (Lipinski definition) is 3. The van der Waals surface area contributed by atoms with Crippen molar-refractivity contribution in [3.05, 3.63) is 23.8 Å². The molecule has 1 amide bonds. The maximum atomic E-state index is 11.6. The highest BCUT2D eigenvalue weighted by Crippen LogP contribution is 2.29. The third-order valence-electron chi connectivity index (χ3n) is 3.91. The van der Waals surface area contributed by atoms with E-state index in [1.54, 1.807) is 19.2 Å². The maximum Gasteiger partial charge on any atom is 0.251 e. The van der Waals surface area contributed by atoms with Gasteiger partial charge in [0, 0.05) is 32.3 Å². The Bertz CT molecular complexity index is 474. The van der Waals surface area contributed by atoms with Crippen LogP contribution in [0.2, 0.25) is 0 Å². The number of aliphatic hydroxyl groups excluding tert-OH is 1. The highest BCUT2D eigenvalue weighted by Gasteiger charge is 2.21. The summed E-state index contributed by atoms with van der Waals surface area (Å²) in [6.07, 6.45) is 3.11. The molecule has 110 valence electrons. The van der Waals surface area contributed by atoms with Crippen LogP contribution >= 0.6 is 0 Å². The molecule has 0 spiro atoms. The molecule has 5 heteroatoms. The molecule has 20 heavy (non-hydrogen) atoms. The highest BCUT2D eigenvalue weighted by atomic mass is 16.3. The van der Waals surface area contributed by atoms with Gasteiger partial charge < -0.3 is 21.1 Å². The van der Waals surface area contributed by atoms with Crippen LogP contribution in [0, 0.1) is 5.92 Å². The summed E-state index contributed by atoms with van der Waals surface area (Å²) in [5, 5.41) is 11.7. The van der Waals surface area contributed by atoms with Crippen molar-refractivity contribution in [3.63, 3.8) is 0 Å². The largest absolute Gasteiger partial charge is 0.397 e. The Morgan fingerprint density at radius 3 is 3.00 bits per heavy atom. The number of nitrogens with zero attached hydrogens (tertiary/aromatic N) is 1. The molecule has 1 saturated heterocycles. The molecule has 1 unspecified atom stereocenters. The van der Waals surface area contributed by atoms with E-state index in [4.69, 9.17) is 10.8 Å². The summed E-state index contributed by atoms with van der Waals surface area (Å²) in [5.74, 6) is 0.395. The number of anilines is 2. The summed E-state index contributed by atoms with van der Waals surface area (Å²) >= 11 is 0. The fraction of sp³-hybridized carbons (Fsp3) is 0.533. The van der Waals surface area contributed by atoms with Gasteiger partial charge in [-0.05, 0) is 43.4 Å². The van der Waals surface area contributed by atoms with E-state index in [0.717, 1.165) is 38.0 Å². The molecule has 1 aromatic carbocycles. The molecule has 1 aliphatic rings. The lowest BCUT2D eigenvalue weighted by molar-refractivity contribution is 0.0963. The van der Waals surface area contributed by atoms with Crippen molar-refractivity contribution in [2.45, 2.75) is 19.3 Å². The molecule has 0 bridgehead atoms. The van der Waals surface area contributed by atoms with Crippen molar-refractivity contribution < 1.29 is 9.90 Å². The monoisotopic (exact) mass is 277 g/mol. The Kier molecular flexibility index (Phi) is 4.84. The Balaban J connectivity index is 2.14. The van der Waals surface area contributed by atoms with Gasteiger partial charge in [-0.2, -0.15) is 0 Å². The van der Waals surface area contributed by atoms with Crippen LogP contribution in [0.4, 0.5) is 11.4 Å². The normalized spacial score (nSPS) is 18.9. The number of aliphatic hydroxyl groups is 1. The second-order valence-corrected chi connectivity index (χ2v) is 5.32. The first kappa shape index (κ1) is 14.7.